The molecule has 0 bridgehead atoms. The summed E-state index contributed by atoms with van der Waals surface area (Å²) in [5.74, 6) is -4.67. The number of aromatic hydroxyl groups is 1. The van der Waals surface area contributed by atoms with E-state index in [1.54, 1.807) is 36.4 Å². The van der Waals surface area contributed by atoms with Crippen LogP contribution in [0.2, 0.25) is 0 Å². The van der Waals surface area contributed by atoms with E-state index in [9.17, 15) is 19.5 Å². The number of allylic oxidation sites excluding steroid dienone is 4. The minimum atomic E-state index is -1.39. The molecule has 4 aliphatic rings. The Labute approximate surface area is 295 Å². The molecule has 0 spiro atoms. The molecular weight excluding hydrogens is 642 g/mol. The molecule has 1 aliphatic heterocycles. The Bertz CT molecular complexity index is 2190. The maximum Gasteiger partial charge on any atom is 0.238 e. The quantitative estimate of drug-likeness (QED) is 0.138. The summed E-state index contributed by atoms with van der Waals surface area (Å²) in [6.07, 6.45) is 3.93. The molecule has 8 rings (SSSR count). The number of benzene rings is 4. The molecule has 51 heavy (non-hydrogen) atoms. The van der Waals surface area contributed by atoms with Gasteiger partial charge in [0.2, 0.25) is 11.8 Å². The van der Waals surface area contributed by atoms with E-state index >= 15 is 9.59 Å². The normalized spacial score (nSPS) is 26.9. The van der Waals surface area contributed by atoms with Crippen LogP contribution in [-0.4, -0.2) is 41.4 Å². The number of Topliss-reactive ketones (excluding diaryl/α,β-unsaturated/α-hetero) is 2. The Morgan fingerprint density at radius 2 is 1.53 bits per heavy atom. The Kier molecular flexibility index (Phi) is 7.71. The second kappa shape index (κ2) is 12.2. The van der Waals surface area contributed by atoms with Crippen LogP contribution in [0.15, 0.2) is 121 Å². The zero-order valence-electron chi connectivity index (χ0n) is 28.1. The van der Waals surface area contributed by atoms with Gasteiger partial charge in [0, 0.05) is 23.0 Å². The number of anilines is 1. The van der Waals surface area contributed by atoms with Crippen molar-refractivity contribution in [2.24, 2.45) is 23.7 Å². The Balaban J connectivity index is 1.34. The molecule has 6 atom stereocenters. The third-order valence-corrected chi connectivity index (χ3v) is 11.4. The van der Waals surface area contributed by atoms with Gasteiger partial charge in [-0.2, -0.15) is 0 Å². The average molecular weight is 678 g/mol. The number of rotatable bonds is 6. The van der Waals surface area contributed by atoms with Crippen LogP contribution in [0, 0.1) is 23.7 Å². The minimum absolute atomic E-state index is 0.0723. The molecule has 1 saturated heterocycles. The largest absolute Gasteiger partial charge is 0.504 e. The predicted octanol–water partition coefficient (Wildman–Crippen LogP) is 6.63. The van der Waals surface area contributed by atoms with Crippen molar-refractivity contribution < 1.29 is 33.8 Å². The van der Waals surface area contributed by atoms with Gasteiger partial charge in [0.25, 0.3) is 0 Å². The van der Waals surface area contributed by atoms with Crippen molar-refractivity contribution in [3.8, 4) is 11.5 Å². The van der Waals surface area contributed by atoms with Gasteiger partial charge >= 0.3 is 0 Å². The summed E-state index contributed by atoms with van der Waals surface area (Å²) < 4.78 is 5.54. The maximum absolute atomic E-state index is 15.1. The Hall–Kier alpha value is -5.89. The van der Waals surface area contributed by atoms with Gasteiger partial charge < -0.3 is 9.84 Å². The molecule has 3 aliphatic carbocycles. The summed E-state index contributed by atoms with van der Waals surface area (Å²) in [5.41, 5.74) is 2.57. The van der Waals surface area contributed by atoms with Crippen molar-refractivity contribution in [2.45, 2.75) is 31.1 Å². The molecule has 0 unspecified atom stereocenters. The van der Waals surface area contributed by atoms with Crippen LogP contribution < -0.4 is 9.64 Å². The van der Waals surface area contributed by atoms with E-state index in [0.717, 1.165) is 5.57 Å². The SMILES string of the molecule is COc1cc([C@H]2C3=CC[C@@H]4C(=O)N(c5ccc(C(C)=O)cc5)C(=O)[C@@H]4[C@@H]3C[C@H]3C(=O)C(c4ccccc4)=CC(=O)[C@@]23c2ccccc2)ccc1O. The number of carbonyl (C=O) groups is 5. The van der Waals surface area contributed by atoms with Crippen LogP contribution in [0.25, 0.3) is 5.57 Å². The number of imide groups is 1. The highest BCUT2D eigenvalue weighted by atomic mass is 16.5. The number of ether oxygens (including phenoxy) is 1. The smallest absolute Gasteiger partial charge is 0.238 e. The summed E-state index contributed by atoms with van der Waals surface area (Å²) in [4.78, 5) is 71.9. The molecule has 4 aromatic rings. The van der Waals surface area contributed by atoms with Gasteiger partial charge in [-0.25, -0.2) is 0 Å². The number of ketones is 3. The van der Waals surface area contributed by atoms with E-state index < -0.39 is 35.0 Å². The van der Waals surface area contributed by atoms with Crippen molar-refractivity contribution in [2.75, 3.05) is 12.0 Å². The lowest BCUT2D eigenvalue weighted by atomic mass is 9.44. The zero-order chi connectivity index (χ0) is 35.6. The van der Waals surface area contributed by atoms with E-state index in [1.165, 1.54) is 31.1 Å². The fourth-order valence-corrected chi connectivity index (χ4v) is 9.22. The lowest BCUT2D eigenvalue weighted by Crippen LogP contribution is -2.58. The predicted molar refractivity (Wildman–Crippen MR) is 190 cm³/mol. The first kappa shape index (κ1) is 32.3. The summed E-state index contributed by atoms with van der Waals surface area (Å²) in [6.45, 7) is 1.46. The number of phenols is 1. The Morgan fingerprint density at radius 1 is 0.843 bits per heavy atom. The van der Waals surface area contributed by atoms with Crippen molar-refractivity contribution in [3.05, 3.63) is 143 Å². The molecule has 8 heteroatoms. The fourth-order valence-electron chi connectivity index (χ4n) is 9.22. The number of hydrogen-bond acceptors (Lipinski definition) is 7. The van der Waals surface area contributed by atoms with Crippen molar-refractivity contribution >= 4 is 40.4 Å². The molecular formula is C43H35NO7. The summed E-state index contributed by atoms with van der Waals surface area (Å²) >= 11 is 0. The molecule has 8 nitrogen and oxygen atoms in total. The first-order valence-corrected chi connectivity index (χ1v) is 17.1. The average Bonchev–Trinajstić information content (AvgIpc) is 3.42. The minimum Gasteiger partial charge on any atom is -0.504 e. The maximum atomic E-state index is 15.1. The third kappa shape index (κ3) is 4.77. The molecule has 1 saturated carbocycles. The van der Waals surface area contributed by atoms with Gasteiger partial charge in [-0.3, -0.25) is 28.9 Å². The lowest BCUT2D eigenvalue weighted by molar-refractivity contribution is -0.135. The summed E-state index contributed by atoms with van der Waals surface area (Å²) in [7, 11) is 1.45. The number of methoxy groups -OCH3 is 1. The van der Waals surface area contributed by atoms with E-state index in [4.69, 9.17) is 4.74 Å². The van der Waals surface area contributed by atoms with Gasteiger partial charge in [0.15, 0.2) is 28.8 Å². The number of fused-ring (bicyclic) bond motifs is 4. The van der Waals surface area contributed by atoms with Crippen molar-refractivity contribution in [1.82, 2.24) is 0 Å². The van der Waals surface area contributed by atoms with Gasteiger partial charge in [-0.15, -0.1) is 0 Å². The van der Waals surface area contributed by atoms with E-state index in [1.807, 2.05) is 66.7 Å². The molecule has 4 aromatic carbocycles. The molecule has 1 N–H and O–H groups in total. The molecule has 0 aromatic heterocycles. The van der Waals surface area contributed by atoms with Gasteiger partial charge in [-0.1, -0.05) is 78.4 Å². The second-order valence-electron chi connectivity index (χ2n) is 13.8. The summed E-state index contributed by atoms with van der Waals surface area (Å²) in [6, 6.07) is 29.9. The summed E-state index contributed by atoms with van der Waals surface area (Å²) in [5, 5.41) is 10.6. The van der Waals surface area contributed by atoms with Gasteiger partial charge in [-0.05, 0) is 84.8 Å². The highest BCUT2D eigenvalue weighted by Gasteiger charge is 2.66. The molecule has 0 radical (unpaired) electrons. The first-order chi connectivity index (χ1) is 24.7. The van der Waals surface area contributed by atoms with Crippen LogP contribution in [0.4, 0.5) is 5.69 Å². The third-order valence-electron chi connectivity index (χ3n) is 11.4. The van der Waals surface area contributed by atoms with Crippen LogP contribution >= 0.6 is 0 Å². The fraction of sp³-hybridized carbons (Fsp3) is 0.233. The number of phenolic OH excluding ortho intramolecular Hbond substituents is 1. The van der Waals surface area contributed by atoms with Crippen LogP contribution in [0.5, 0.6) is 11.5 Å². The standard InChI is InChI=1S/C43H35NO7/c1-24(45)25-13-16-29(17-14-25)44-41(49)31-19-18-30-33(38(31)42(44)50)22-34-40(48)32(26-9-5-3-6-10-26)23-37(47)43(34,28-11-7-4-8-12-28)39(30)27-15-20-35(46)36(21-27)51-2/h3-18,20-21,23,31,33-34,38-39,46H,19,22H2,1-2H3/t31-,33+,34-,38-,39-,43-/m0/s1. The second-order valence-corrected chi connectivity index (χ2v) is 13.8. The van der Waals surface area contributed by atoms with E-state index in [0.29, 0.717) is 33.5 Å². The molecule has 254 valence electrons. The molecule has 2 amide bonds. The number of amides is 2. The number of nitrogens with zero attached hydrogens (tertiary/aromatic N) is 1. The number of carbonyl (C=O) groups excluding carboxylic acids is 5. The molecule has 2 fully saturated rings. The zero-order valence-corrected chi connectivity index (χ0v) is 28.1. The highest BCUT2D eigenvalue weighted by Crippen LogP contribution is 2.64. The number of hydrogen-bond donors (Lipinski definition) is 1. The topological polar surface area (TPSA) is 118 Å². The van der Waals surface area contributed by atoms with Gasteiger partial charge in [0.05, 0.1) is 30.0 Å². The van der Waals surface area contributed by atoms with Crippen molar-refractivity contribution in [3.63, 3.8) is 0 Å². The van der Waals surface area contributed by atoms with Crippen molar-refractivity contribution in [1.29, 1.82) is 0 Å². The molecule has 1 heterocycles. The Morgan fingerprint density at radius 3 is 2.20 bits per heavy atom. The van der Waals surface area contributed by atoms with E-state index in [2.05, 4.69) is 0 Å². The monoisotopic (exact) mass is 677 g/mol. The van der Waals surface area contributed by atoms with Crippen LogP contribution in [-0.2, 0) is 24.6 Å². The lowest BCUT2D eigenvalue weighted by Gasteiger charge is -2.55. The van der Waals surface area contributed by atoms with E-state index in [-0.39, 0.29) is 53.5 Å². The van der Waals surface area contributed by atoms with Crippen LogP contribution in [0.3, 0.4) is 0 Å². The highest BCUT2D eigenvalue weighted by molar-refractivity contribution is 6.32. The first-order valence-electron chi connectivity index (χ1n) is 17.1. The van der Waals surface area contributed by atoms with Gasteiger partial charge in [0.1, 0.15) is 0 Å². The van der Waals surface area contributed by atoms with Crippen LogP contribution in [0.1, 0.15) is 52.7 Å².